The smallest absolute Gasteiger partial charge is 0.410 e. The van der Waals surface area contributed by atoms with Crippen molar-refractivity contribution in [3.05, 3.63) is 143 Å². The molecular formula is C39H42N3O9P. The van der Waals surface area contributed by atoms with Crippen LogP contribution in [0, 0.1) is 0 Å². The minimum atomic E-state index is -4.04. The molecule has 1 heterocycles. The van der Waals surface area contributed by atoms with Crippen LogP contribution >= 0.6 is 7.60 Å². The van der Waals surface area contributed by atoms with Crippen molar-refractivity contribution in [1.82, 2.24) is 15.1 Å². The number of benzene rings is 4. The summed E-state index contributed by atoms with van der Waals surface area (Å²) in [7, 11) is -4.04. The quantitative estimate of drug-likeness (QED) is 0.0594. The Morgan fingerprint density at radius 3 is 1.69 bits per heavy atom. The number of amides is 4. The first kappa shape index (κ1) is 38.0. The maximum Gasteiger partial charge on any atom is 0.410 e. The highest BCUT2D eigenvalue weighted by molar-refractivity contribution is 7.53. The molecule has 52 heavy (non-hydrogen) atoms. The summed E-state index contributed by atoms with van der Waals surface area (Å²) in [6.07, 6.45) is -0.240. The van der Waals surface area contributed by atoms with Crippen molar-refractivity contribution in [3.8, 4) is 0 Å². The number of alkyl carbamates (subject to hydrolysis) is 1. The predicted molar refractivity (Wildman–Crippen MR) is 193 cm³/mol. The summed E-state index contributed by atoms with van der Waals surface area (Å²) in [5.41, 5.74) is 2.91. The Labute approximate surface area is 303 Å². The van der Waals surface area contributed by atoms with Crippen LogP contribution in [0.5, 0.6) is 0 Å². The summed E-state index contributed by atoms with van der Waals surface area (Å²) in [5.74, 6) is -1.14. The molecule has 0 spiro atoms. The largest absolute Gasteiger partial charge is 0.445 e. The van der Waals surface area contributed by atoms with Gasteiger partial charge in [0.25, 0.3) is 11.8 Å². The number of carbonyl (C=O) groups is 4. The number of ether oxygens (including phenoxy) is 2. The fourth-order valence-electron chi connectivity index (χ4n) is 5.36. The third kappa shape index (κ3) is 11.4. The van der Waals surface area contributed by atoms with E-state index in [0.29, 0.717) is 25.9 Å². The number of fused-ring (bicyclic) bond motifs is 1. The zero-order chi connectivity index (χ0) is 36.6. The second kappa shape index (κ2) is 19.4. The van der Waals surface area contributed by atoms with E-state index in [9.17, 15) is 23.7 Å². The van der Waals surface area contributed by atoms with Crippen molar-refractivity contribution < 1.29 is 42.3 Å². The zero-order valence-electron chi connectivity index (χ0n) is 28.8. The first-order valence-corrected chi connectivity index (χ1v) is 18.8. The number of hydrogen-bond donors (Lipinski definition) is 1. The third-order valence-corrected chi connectivity index (χ3v) is 9.85. The van der Waals surface area contributed by atoms with Gasteiger partial charge in [0, 0.05) is 19.6 Å². The van der Waals surface area contributed by atoms with Gasteiger partial charge in [0.2, 0.25) is 0 Å². The van der Waals surface area contributed by atoms with E-state index in [1.165, 1.54) is 4.90 Å². The maximum atomic E-state index is 14.1. The highest BCUT2D eigenvalue weighted by Gasteiger charge is 2.41. The van der Waals surface area contributed by atoms with Gasteiger partial charge in [-0.25, -0.2) is 9.59 Å². The first-order valence-electron chi connectivity index (χ1n) is 17.1. The Kier molecular flexibility index (Phi) is 14.1. The Morgan fingerprint density at radius 1 is 0.615 bits per heavy atom. The molecule has 0 fully saturated rings. The van der Waals surface area contributed by atoms with Crippen LogP contribution in [0.25, 0.3) is 0 Å². The molecule has 4 amide bonds. The summed E-state index contributed by atoms with van der Waals surface area (Å²) in [5, 5.41) is 2.72. The lowest BCUT2D eigenvalue weighted by atomic mass is 10.1. The molecule has 0 aromatic heterocycles. The number of nitrogens with zero attached hydrogens (tertiary/aromatic N) is 2. The summed E-state index contributed by atoms with van der Waals surface area (Å²) < 4.78 is 36.6. The molecule has 0 radical (unpaired) electrons. The maximum absolute atomic E-state index is 14.1. The summed E-state index contributed by atoms with van der Waals surface area (Å²) in [6.45, 7) is 0.975. The van der Waals surface area contributed by atoms with Crippen LogP contribution in [0.2, 0.25) is 0 Å². The Bertz CT molecular complexity index is 1790. The zero-order valence-corrected chi connectivity index (χ0v) is 29.7. The number of unbranched alkanes of at least 4 members (excludes halogenated alkanes) is 1. The topological polar surface area (TPSA) is 141 Å². The number of imide groups is 1. The molecule has 5 rings (SSSR count). The molecule has 272 valence electrons. The van der Waals surface area contributed by atoms with E-state index in [0.717, 1.165) is 21.6 Å². The average Bonchev–Trinajstić information content (AvgIpc) is 3.41. The van der Waals surface area contributed by atoms with Crippen molar-refractivity contribution in [2.75, 3.05) is 32.5 Å². The molecule has 0 bridgehead atoms. The van der Waals surface area contributed by atoms with Gasteiger partial charge in [-0.1, -0.05) is 103 Å². The molecule has 1 aliphatic rings. The normalized spacial score (nSPS) is 13.3. The van der Waals surface area contributed by atoms with Crippen molar-refractivity contribution in [3.63, 3.8) is 0 Å². The van der Waals surface area contributed by atoms with Gasteiger partial charge in [-0.15, -0.1) is 0 Å². The number of hydrogen-bond acceptors (Lipinski definition) is 9. The summed E-state index contributed by atoms with van der Waals surface area (Å²) >= 11 is 0. The van der Waals surface area contributed by atoms with Gasteiger partial charge in [0.1, 0.15) is 19.5 Å². The molecule has 4 aromatic rings. The van der Waals surface area contributed by atoms with Crippen LogP contribution in [-0.2, 0) is 42.9 Å². The third-order valence-electron chi connectivity index (χ3n) is 8.12. The Hall–Kier alpha value is -5.29. The molecule has 4 aromatic carbocycles. The van der Waals surface area contributed by atoms with E-state index in [4.69, 9.17) is 18.5 Å². The monoisotopic (exact) mass is 727 g/mol. The number of nitrogens with one attached hydrogen (secondary N) is 1. The van der Waals surface area contributed by atoms with Gasteiger partial charge in [-0.2, -0.15) is 0 Å². The molecular weight excluding hydrogens is 685 g/mol. The van der Waals surface area contributed by atoms with Crippen molar-refractivity contribution in [2.24, 2.45) is 0 Å². The molecule has 12 nitrogen and oxygen atoms in total. The van der Waals surface area contributed by atoms with Crippen molar-refractivity contribution >= 4 is 31.6 Å². The minimum absolute atomic E-state index is 0.0624. The molecule has 1 atom stereocenters. The Balaban J connectivity index is 1.15. The van der Waals surface area contributed by atoms with Gasteiger partial charge < -0.3 is 28.7 Å². The van der Waals surface area contributed by atoms with Gasteiger partial charge in [-0.3, -0.25) is 19.1 Å². The van der Waals surface area contributed by atoms with E-state index in [1.807, 2.05) is 78.9 Å². The van der Waals surface area contributed by atoms with Crippen molar-refractivity contribution in [1.29, 1.82) is 0 Å². The van der Waals surface area contributed by atoms with Crippen LogP contribution in [0.4, 0.5) is 9.59 Å². The summed E-state index contributed by atoms with van der Waals surface area (Å²) in [4.78, 5) is 53.9. The van der Waals surface area contributed by atoms with E-state index >= 15 is 0 Å². The molecule has 13 heteroatoms. The van der Waals surface area contributed by atoms with Crippen LogP contribution in [0.1, 0.15) is 56.7 Å². The molecule has 1 N–H and O–H groups in total. The fraction of sp³-hybridized carbons (Fsp3) is 0.282. The van der Waals surface area contributed by atoms with Gasteiger partial charge >= 0.3 is 19.8 Å². The summed E-state index contributed by atoms with van der Waals surface area (Å²) in [6, 6.07) is 34.1. The lowest BCUT2D eigenvalue weighted by Gasteiger charge is -2.25. The lowest BCUT2D eigenvalue weighted by molar-refractivity contribution is 0.0656. The van der Waals surface area contributed by atoms with Gasteiger partial charge in [0.15, 0.2) is 0 Å². The first-order chi connectivity index (χ1) is 25.3. The molecule has 0 aliphatic carbocycles. The second-order valence-electron chi connectivity index (χ2n) is 12.0. The van der Waals surface area contributed by atoms with E-state index in [2.05, 4.69) is 5.32 Å². The second-order valence-corrected chi connectivity index (χ2v) is 14.0. The highest BCUT2D eigenvalue weighted by Crippen LogP contribution is 2.50. The highest BCUT2D eigenvalue weighted by atomic mass is 31.2. The van der Waals surface area contributed by atoms with E-state index in [-0.39, 0.29) is 50.5 Å². The molecule has 0 saturated heterocycles. The van der Waals surface area contributed by atoms with Crippen LogP contribution < -0.4 is 5.32 Å². The van der Waals surface area contributed by atoms with E-state index < -0.39 is 37.9 Å². The predicted octanol–water partition coefficient (Wildman–Crippen LogP) is 7.40. The SMILES string of the molecule is O=C(NCCCCN(CCCOP(=O)(CN1C(=O)c2ccccc2C1=O)OCc1ccccc1)C(=O)OCc1ccccc1)OCc1ccccc1. The molecule has 1 unspecified atom stereocenters. The Morgan fingerprint density at radius 2 is 1.12 bits per heavy atom. The molecule has 0 saturated carbocycles. The fourth-order valence-corrected chi connectivity index (χ4v) is 6.96. The molecule has 1 aliphatic heterocycles. The van der Waals surface area contributed by atoms with Gasteiger partial charge in [0.05, 0.1) is 24.3 Å². The minimum Gasteiger partial charge on any atom is -0.445 e. The lowest BCUT2D eigenvalue weighted by Crippen LogP contribution is -2.34. The van der Waals surface area contributed by atoms with Crippen molar-refractivity contribution in [2.45, 2.75) is 39.1 Å². The van der Waals surface area contributed by atoms with Crippen LogP contribution in [0.3, 0.4) is 0 Å². The van der Waals surface area contributed by atoms with Gasteiger partial charge in [-0.05, 0) is 48.1 Å². The average molecular weight is 728 g/mol. The van der Waals surface area contributed by atoms with Crippen LogP contribution in [0.15, 0.2) is 115 Å². The van der Waals surface area contributed by atoms with E-state index in [1.54, 1.807) is 36.4 Å². The standard InChI is InChI=1S/C39H42N3O9P/c43-36-34-21-10-11-22-35(34)37(44)42(36)30-52(47,51-29-33-19-8-3-9-20-33)50-26-14-25-41(39(46)49-28-32-17-6-2-7-18-32)24-13-12-23-40-38(45)48-27-31-15-4-1-5-16-31/h1-11,15-22H,12-14,23-30H2,(H,40,45). The number of carbonyl (C=O) groups excluding carboxylic acids is 4. The number of rotatable bonds is 19. The van der Waals surface area contributed by atoms with Crippen LogP contribution in [-0.4, -0.2) is 66.3 Å².